The topological polar surface area (TPSA) is 79.3 Å². The molecule has 1 unspecified atom stereocenters. The Balaban J connectivity index is 2.16. The summed E-state index contributed by atoms with van der Waals surface area (Å²) in [7, 11) is 0. The summed E-state index contributed by atoms with van der Waals surface area (Å²) in [6.07, 6.45) is 1.38. The second-order valence-electron chi connectivity index (χ2n) is 4.62. The summed E-state index contributed by atoms with van der Waals surface area (Å²) in [5.41, 5.74) is 6.69. The smallest absolute Gasteiger partial charge is 0.195 e. The number of nitrogens with zero attached hydrogens (tertiary/aromatic N) is 3. The first-order chi connectivity index (χ1) is 9.65. The number of hydrogen-bond donors (Lipinski definition) is 2. The molecule has 0 amide bonds. The van der Waals surface area contributed by atoms with Crippen LogP contribution in [0.2, 0.25) is 5.02 Å². The van der Waals surface area contributed by atoms with E-state index in [9.17, 15) is 4.79 Å². The van der Waals surface area contributed by atoms with E-state index in [-0.39, 0.29) is 5.82 Å². The third-order valence-corrected chi connectivity index (χ3v) is 3.20. The summed E-state index contributed by atoms with van der Waals surface area (Å²) < 4.78 is 0. The fourth-order valence-corrected chi connectivity index (χ4v) is 2.21. The molecule has 2 N–H and O–H groups in total. The molecule has 1 aromatic heterocycles. The molecule has 2 heterocycles. The van der Waals surface area contributed by atoms with E-state index in [1.54, 1.807) is 18.2 Å². The summed E-state index contributed by atoms with van der Waals surface area (Å²) in [6.45, 7) is 2.04. The Morgan fingerprint density at radius 1 is 1.45 bits per heavy atom. The van der Waals surface area contributed by atoms with Crippen LogP contribution >= 0.6 is 11.6 Å². The number of aldehydes is 1. The number of halogens is 1. The number of hydrazine groups is 1. The standard InChI is InChI=1S/C13H12ClN5O/c1-7-4-11(19-18-7)16-13-9-5-8(14)2-3-10(9)15-12(6-20)17-13/h2-3,5-7,18H,4H2,1H3,(H,15,16,17,19). The molecule has 6 nitrogen and oxygen atoms in total. The van der Waals surface area contributed by atoms with Crippen LogP contribution < -0.4 is 10.9 Å². The minimum absolute atomic E-state index is 0.109. The van der Waals surface area contributed by atoms with Crippen molar-refractivity contribution in [3.63, 3.8) is 0 Å². The van der Waals surface area contributed by atoms with Crippen molar-refractivity contribution in [2.45, 2.75) is 19.4 Å². The number of nitrogens with one attached hydrogen (secondary N) is 2. The highest BCUT2D eigenvalue weighted by molar-refractivity contribution is 6.31. The van der Waals surface area contributed by atoms with Gasteiger partial charge < -0.3 is 5.43 Å². The summed E-state index contributed by atoms with van der Waals surface area (Å²) >= 11 is 6.00. The van der Waals surface area contributed by atoms with Gasteiger partial charge in [-0.3, -0.25) is 4.79 Å². The fraction of sp³-hybridized carbons (Fsp3) is 0.231. The molecule has 7 heteroatoms. The van der Waals surface area contributed by atoms with E-state index < -0.39 is 0 Å². The van der Waals surface area contributed by atoms with Crippen LogP contribution in [-0.4, -0.2) is 28.1 Å². The largest absolute Gasteiger partial charge is 0.309 e. The van der Waals surface area contributed by atoms with Gasteiger partial charge in [-0.05, 0) is 25.1 Å². The third kappa shape index (κ3) is 2.48. The molecule has 102 valence electrons. The van der Waals surface area contributed by atoms with Crippen LogP contribution in [0, 0.1) is 0 Å². The predicted octanol–water partition coefficient (Wildman–Crippen LogP) is 2.01. The van der Waals surface area contributed by atoms with E-state index in [0.717, 1.165) is 17.6 Å². The molecule has 1 atom stereocenters. The minimum Gasteiger partial charge on any atom is -0.309 e. The lowest BCUT2D eigenvalue weighted by Crippen LogP contribution is -2.29. The summed E-state index contributed by atoms with van der Waals surface area (Å²) in [6, 6.07) is 5.52. The van der Waals surface area contributed by atoms with Crippen LogP contribution in [0.1, 0.15) is 24.0 Å². The average Bonchev–Trinajstić information content (AvgIpc) is 2.84. The Labute approximate surface area is 120 Å². The van der Waals surface area contributed by atoms with Crippen molar-refractivity contribution in [2.24, 2.45) is 4.99 Å². The van der Waals surface area contributed by atoms with Gasteiger partial charge in [0.25, 0.3) is 0 Å². The number of carbonyl (C=O) groups is 1. The van der Waals surface area contributed by atoms with Crippen molar-refractivity contribution in [3.05, 3.63) is 29.0 Å². The zero-order chi connectivity index (χ0) is 14.1. The zero-order valence-corrected chi connectivity index (χ0v) is 11.5. The Bertz CT molecular complexity index is 715. The van der Waals surface area contributed by atoms with E-state index in [2.05, 4.69) is 25.8 Å². The molecule has 1 aromatic carbocycles. The van der Waals surface area contributed by atoms with E-state index in [1.165, 1.54) is 0 Å². The average molecular weight is 290 g/mol. The van der Waals surface area contributed by atoms with E-state index >= 15 is 0 Å². The van der Waals surface area contributed by atoms with Crippen LogP contribution in [-0.2, 0) is 0 Å². The lowest BCUT2D eigenvalue weighted by molar-refractivity contribution is 0.111. The molecule has 0 radical (unpaired) electrons. The lowest BCUT2D eigenvalue weighted by atomic mass is 10.2. The molecule has 1 fully saturated rings. The Morgan fingerprint density at radius 2 is 2.30 bits per heavy atom. The first-order valence-corrected chi connectivity index (χ1v) is 6.55. The highest BCUT2D eigenvalue weighted by Gasteiger charge is 2.16. The number of aliphatic imine (C=N–C) groups is 1. The Morgan fingerprint density at radius 3 is 3.00 bits per heavy atom. The molecular weight excluding hydrogens is 278 g/mol. The second kappa shape index (κ2) is 5.15. The molecule has 0 bridgehead atoms. The number of rotatable bonds is 2. The highest BCUT2D eigenvalue weighted by atomic mass is 35.5. The minimum atomic E-state index is 0.109. The van der Waals surface area contributed by atoms with Gasteiger partial charge in [-0.25, -0.2) is 20.4 Å². The van der Waals surface area contributed by atoms with Gasteiger partial charge in [0, 0.05) is 22.9 Å². The highest BCUT2D eigenvalue weighted by Crippen LogP contribution is 2.26. The van der Waals surface area contributed by atoms with Gasteiger partial charge in [0.1, 0.15) is 5.84 Å². The molecule has 0 saturated carbocycles. The number of amidine groups is 1. The maximum atomic E-state index is 10.9. The van der Waals surface area contributed by atoms with Crippen LogP contribution in [0.5, 0.6) is 0 Å². The first kappa shape index (κ1) is 13.0. The van der Waals surface area contributed by atoms with Crippen molar-refractivity contribution < 1.29 is 4.79 Å². The number of fused-ring (bicyclic) bond motifs is 1. The predicted molar refractivity (Wildman–Crippen MR) is 77.4 cm³/mol. The molecule has 20 heavy (non-hydrogen) atoms. The second-order valence-corrected chi connectivity index (χ2v) is 5.05. The molecule has 1 aliphatic heterocycles. The molecular formula is C13H12ClN5O. The number of carbonyl (C=O) groups excluding carboxylic acids is 1. The van der Waals surface area contributed by atoms with Gasteiger partial charge in [0.15, 0.2) is 17.9 Å². The number of aromatic nitrogens is 2. The maximum absolute atomic E-state index is 10.9. The van der Waals surface area contributed by atoms with Gasteiger partial charge in [0.2, 0.25) is 0 Å². The third-order valence-electron chi connectivity index (χ3n) is 2.96. The zero-order valence-electron chi connectivity index (χ0n) is 10.7. The van der Waals surface area contributed by atoms with E-state index in [1.807, 2.05) is 6.92 Å². The first-order valence-electron chi connectivity index (χ1n) is 6.17. The summed E-state index contributed by atoms with van der Waals surface area (Å²) in [5.74, 6) is 1.32. The number of benzene rings is 1. The van der Waals surface area contributed by atoms with Gasteiger partial charge in [-0.15, -0.1) is 0 Å². The molecule has 2 aromatic rings. The Hall–Kier alpha value is -2.05. The maximum Gasteiger partial charge on any atom is 0.195 e. The van der Waals surface area contributed by atoms with Crippen LogP contribution in [0.25, 0.3) is 10.9 Å². The van der Waals surface area contributed by atoms with Crippen molar-refractivity contribution >= 4 is 40.4 Å². The van der Waals surface area contributed by atoms with Gasteiger partial charge in [-0.1, -0.05) is 11.6 Å². The molecule has 1 saturated heterocycles. The Kier molecular flexibility index (Phi) is 3.33. The van der Waals surface area contributed by atoms with Gasteiger partial charge in [-0.2, -0.15) is 0 Å². The van der Waals surface area contributed by atoms with E-state index in [0.29, 0.717) is 28.7 Å². The van der Waals surface area contributed by atoms with Crippen molar-refractivity contribution in [3.8, 4) is 0 Å². The van der Waals surface area contributed by atoms with Crippen molar-refractivity contribution in [2.75, 3.05) is 0 Å². The van der Waals surface area contributed by atoms with Crippen LogP contribution in [0.15, 0.2) is 23.2 Å². The monoisotopic (exact) mass is 289 g/mol. The molecule has 3 rings (SSSR count). The van der Waals surface area contributed by atoms with E-state index in [4.69, 9.17) is 11.6 Å². The lowest BCUT2D eigenvalue weighted by Gasteiger charge is -2.04. The van der Waals surface area contributed by atoms with Gasteiger partial charge >= 0.3 is 0 Å². The molecule has 0 spiro atoms. The van der Waals surface area contributed by atoms with Crippen LogP contribution in [0.3, 0.4) is 0 Å². The van der Waals surface area contributed by atoms with Crippen molar-refractivity contribution in [1.82, 2.24) is 20.8 Å². The summed E-state index contributed by atoms with van der Waals surface area (Å²) in [4.78, 5) is 23.7. The normalized spacial score (nSPS) is 20.3. The number of hydrogen-bond acceptors (Lipinski definition) is 5. The fourth-order valence-electron chi connectivity index (χ4n) is 2.04. The molecule has 0 aliphatic carbocycles. The van der Waals surface area contributed by atoms with Crippen molar-refractivity contribution in [1.29, 1.82) is 0 Å². The SMILES string of the molecule is CC1CC(=Nc2nc(C=O)nc3ccc(Cl)cc23)NN1. The van der Waals surface area contributed by atoms with Gasteiger partial charge in [0.05, 0.1) is 5.52 Å². The van der Waals surface area contributed by atoms with Crippen LogP contribution in [0.4, 0.5) is 5.82 Å². The molecule has 1 aliphatic rings. The quantitative estimate of drug-likeness (QED) is 0.827. The summed E-state index contributed by atoms with van der Waals surface area (Å²) in [5, 5.41) is 1.30.